The average Bonchev–Trinajstić information content (AvgIpc) is 2.89. The predicted molar refractivity (Wildman–Crippen MR) is 88.0 cm³/mol. The lowest BCUT2D eigenvalue weighted by molar-refractivity contribution is 0.205. The van der Waals surface area contributed by atoms with Crippen LogP contribution in [0.25, 0.3) is 0 Å². The molecule has 1 aliphatic heterocycles. The third kappa shape index (κ3) is 3.79. The molecule has 1 aromatic carbocycles. The number of hydrogen-bond donors (Lipinski definition) is 1. The van der Waals surface area contributed by atoms with Crippen molar-refractivity contribution in [2.45, 2.75) is 70.9 Å². The Morgan fingerprint density at radius 2 is 2.00 bits per heavy atom. The summed E-state index contributed by atoms with van der Waals surface area (Å²) >= 11 is 0. The van der Waals surface area contributed by atoms with E-state index in [9.17, 15) is 0 Å². The summed E-state index contributed by atoms with van der Waals surface area (Å²) in [5, 5.41) is 3.75. The first kappa shape index (κ1) is 14.9. The molecule has 0 bridgehead atoms. The number of aryl methyl sites for hydroxylation is 1. The van der Waals surface area contributed by atoms with Crippen molar-refractivity contribution in [1.82, 2.24) is 5.32 Å². The Morgan fingerprint density at radius 3 is 2.76 bits per heavy atom. The van der Waals surface area contributed by atoms with Crippen molar-refractivity contribution < 1.29 is 4.74 Å². The van der Waals surface area contributed by atoms with Crippen LogP contribution in [-0.4, -0.2) is 18.7 Å². The van der Waals surface area contributed by atoms with Crippen LogP contribution >= 0.6 is 0 Å². The van der Waals surface area contributed by atoms with Crippen molar-refractivity contribution in [3.63, 3.8) is 0 Å². The highest BCUT2D eigenvalue weighted by molar-refractivity contribution is 5.40. The van der Waals surface area contributed by atoms with Crippen molar-refractivity contribution in [3.8, 4) is 5.75 Å². The summed E-state index contributed by atoms with van der Waals surface area (Å²) < 4.78 is 6.05. The summed E-state index contributed by atoms with van der Waals surface area (Å²) in [6.07, 6.45) is 9.69. The van der Waals surface area contributed by atoms with Gasteiger partial charge >= 0.3 is 0 Å². The zero-order valence-electron chi connectivity index (χ0n) is 13.5. The summed E-state index contributed by atoms with van der Waals surface area (Å²) in [7, 11) is 0. The summed E-state index contributed by atoms with van der Waals surface area (Å²) in [6.45, 7) is 5.46. The number of ether oxygens (including phenoxy) is 1. The van der Waals surface area contributed by atoms with Crippen molar-refractivity contribution >= 4 is 0 Å². The molecule has 2 nitrogen and oxygen atoms in total. The van der Waals surface area contributed by atoms with Gasteiger partial charge in [0.15, 0.2) is 0 Å². The lowest BCUT2D eigenvalue weighted by atomic mass is 9.83. The van der Waals surface area contributed by atoms with Gasteiger partial charge in [-0.3, -0.25) is 0 Å². The largest absolute Gasteiger partial charge is 0.488 e. The standard InChI is InChI=1S/C19H29NO/c1-3-4-15-6-8-17(9-7-15)20-13-18-12-16-11-14(2)5-10-19(16)21-18/h5,10-11,15,17-18,20H,3-4,6-9,12-13H2,1-2H3. The van der Waals surface area contributed by atoms with E-state index in [1.807, 2.05) is 0 Å². The Kier molecular flexibility index (Phi) is 4.84. The van der Waals surface area contributed by atoms with Gasteiger partial charge in [0, 0.05) is 19.0 Å². The second-order valence-corrected chi connectivity index (χ2v) is 6.97. The quantitative estimate of drug-likeness (QED) is 0.874. The van der Waals surface area contributed by atoms with Crippen LogP contribution < -0.4 is 10.1 Å². The predicted octanol–water partition coefficient (Wildman–Crippen LogP) is 4.25. The van der Waals surface area contributed by atoms with E-state index < -0.39 is 0 Å². The maximum atomic E-state index is 6.05. The molecule has 3 rings (SSSR count). The van der Waals surface area contributed by atoms with Gasteiger partial charge in [-0.25, -0.2) is 0 Å². The minimum Gasteiger partial charge on any atom is -0.488 e. The maximum Gasteiger partial charge on any atom is 0.123 e. The summed E-state index contributed by atoms with van der Waals surface area (Å²) in [5.41, 5.74) is 2.72. The molecular formula is C19H29NO. The van der Waals surface area contributed by atoms with Crippen LogP contribution in [-0.2, 0) is 6.42 Å². The van der Waals surface area contributed by atoms with E-state index in [1.54, 1.807) is 0 Å². The van der Waals surface area contributed by atoms with E-state index in [2.05, 4.69) is 37.4 Å². The maximum absolute atomic E-state index is 6.05. The third-order valence-electron chi connectivity index (χ3n) is 5.14. The Morgan fingerprint density at radius 1 is 1.19 bits per heavy atom. The zero-order valence-corrected chi connectivity index (χ0v) is 13.5. The summed E-state index contributed by atoms with van der Waals surface area (Å²) in [6, 6.07) is 7.25. The normalized spacial score (nSPS) is 28.2. The van der Waals surface area contributed by atoms with Gasteiger partial charge in [0.2, 0.25) is 0 Å². The fraction of sp³-hybridized carbons (Fsp3) is 0.684. The number of benzene rings is 1. The molecule has 0 aromatic heterocycles. The summed E-state index contributed by atoms with van der Waals surface area (Å²) in [5.74, 6) is 2.09. The van der Waals surface area contributed by atoms with Crippen LogP contribution in [0, 0.1) is 12.8 Å². The molecule has 1 unspecified atom stereocenters. The molecule has 0 saturated heterocycles. The topological polar surface area (TPSA) is 21.3 Å². The number of nitrogens with one attached hydrogen (secondary N) is 1. The molecule has 2 heteroatoms. The third-order valence-corrected chi connectivity index (χ3v) is 5.14. The Hall–Kier alpha value is -1.02. The zero-order chi connectivity index (χ0) is 14.7. The van der Waals surface area contributed by atoms with Gasteiger partial charge in [-0.15, -0.1) is 0 Å². The first-order chi connectivity index (χ1) is 10.2. The SMILES string of the molecule is CCCC1CCC(NCC2Cc3cc(C)ccc3O2)CC1. The highest BCUT2D eigenvalue weighted by atomic mass is 16.5. The molecule has 0 radical (unpaired) electrons. The van der Waals surface area contributed by atoms with Gasteiger partial charge in [-0.1, -0.05) is 37.5 Å². The monoisotopic (exact) mass is 287 g/mol. The van der Waals surface area contributed by atoms with Gasteiger partial charge in [0.05, 0.1) is 0 Å². The molecule has 0 spiro atoms. The van der Waals surface area contributed by atoms with E-state index in [0.717, 1.165) is 24.6 Å². The van der Waals surface area contributed by atoms with Crippen molar-refractivity contribution in [1.29, 1.82) is 0 Å². The second-order valence-electron chi connectivity index (χ2n) is 6.97. The van der Waals surface area contributed by atoms with Gasteiger partial charge in [-0.05, 0) is 50.2 Å². The first-order valence-corrected chi connectivity index (χ1v) is 8.74. The minimum absolute atomic E-state index is 0.329. The van der Waals surface area contributed by atoms with Crippen LogP contribution in [0.5, 0.6) is 5.75 Å². The molecule has 1 saturated carbocycles. The van der Waals surface area contributed by atoms with E-state index >= 15 is 0 Å². The van der Waals surface area contributed by atoms with E-state index in [1.165, 1.54) is 49.7 Å². The lowest BCUT2D eigenvalue weighted by Crippen LogP contribution is -2.39. The fourth-order valence-corrected chi connectivity index (χ4v) is 3.92. The number of fused-ring (bicyclic) bond motifs is 1. The van der Waals surface area contributed by atoms with E-state index in [4.69, 9.17) is 4.74 Å². The molecule has 1 aromatic rings. The van der Waals surface area contributed by atoms with Crippen LogP contribution in [0.1, 0.15) is 56.6 Å². The molecule has 1 heterocycles. The van der Waals surface area contributed by atoms with Gasteiger partial charge in [0.25, 0.3) is 0 Å². The van der Waals surface area contributed by atoms with Crippen molar-refractivity contribution in [2.75, 3.05) is 6.54 Å². The average molecular weight is 287 g/mol. The highest BCUT2D eigenvalue weighted by Crippen LogP contribution is 2.30. The van der Waals surface area contributed by atoms with Crippen LogP contribution in [0.2, 0.25) is 0 Å². The van der Waals surface area contributed by atoms with Gasteiger partial charge in [-0.2, -0.15) is 0 Å². The van der Waals surface area contributed by atoms with Crippen molar-refractivity contribution in [3.05, 3.63) is 29.3 Å². The Balaban J connectivity index is 1.41. The summed E-state index contributed by atoms with van der Waals surface area (Å²) in [4.78, 5) is 0. The molecule has 1 N–H and O–H groups in total. The lowest BCUT2D eigenvalue weighted by Gasteiger charge is -2.29. The second kappa shape index (κ2) is 6.83. The Bertz CT molecular complexity index is 463. The van der Waals surface area contributed by atoms with Gasteiger partial charge in [0.1, 0.15) is 11.9 Å². The van der Waals surface area contributed by atoms with Crippen LogP contribution in [0.3, 0.4) is 0 Å². The van der Waals surface area contributed by atoms with Crippen LogP contribution in [0.15, 0.2) is 18.2 Å². The van der Waals surface area contributed by atoms with E-state index in [0.29, 0.717) is 12.1 Å². The minimum atomic E-state index is 0.329. The smallest absolute Gasteiger partial charge is 0.123 e. The molecule has 1 fully saturated rings. The molecule has 1 atom stereocenters. The highest BCUT2D eigenvalue weighted by Gasteiger charge is 2.25. The molecule has 116 valence electrons. The molecular weight excluding hydrogens is 258 g/mol. The fourth-order valence-electron chi connectivity index (χ4n) is 3.92. The number of rotatable bonds is 5. The molecule has 0 amide bonds. The Labute approximate surface area is 129 Å². The van der Waals surface area contributed by atoms with Crippen LogP contribution in [0.4, 0.5) is 0 Å². The molecule has 1 aliphatic carbocycles. The van der Waals surface area contributed by atoms with Crippen molar-refractivity contribution in [2.24, 2.45) is 5.92 Å². The number of hydrogen-bond acceptors (Lipinski definition) is 2. The molecule has 2 aliphatic rings. The first-order valence-electron chi connectivity index (χ1n) is 8.74. The van der Waals surface area contributed by atoms with E-state index in [-0.39, 0.29) is 0 Å². The van der Waals surface area contributed by atoms with Gasteiger partial charge < -0.3 is 10.1 Å². The molecule has 21 heavy (non-hydrogen) atoms.